The number of aryl methyl sites for hydroxylation is 2. The van der Waals surface area contributed by atoms with Crippen molar-refractivity contribution in [2.45, 2.75) is 157 Å². The molecule has 0 saturated carbocycles. The Balaban J connectivity index is 2.59. The first kappa shape index (κ1) is 31.5. The maximum atomic E-state index is 6.99. The van der Waals surface area contributed by atoms with Gasteiger partial charge in [-0.05, 0) is 123 Å². The Hall–Kier alpha value is -1.76. The fourth-order valence-electron chi connectivity index (χ4n) is 5.54. The summed E-state index contributed by atoms with van der Waals surface area (Å²) in [6.07, 6.45) is 22.0. The van der Waals surface area contributed by atoms with Crippen LogP contribution in [0, 0.1) is 0 Å². The van der Waals surface area contributed by atoms with Crippen molar-refractivity contribution in [2.75, 3.05) is 0 Å². The van der Waals surface area contributed by atoms with Gasteiger partial charge in [-0.2, -0.15) is 0 Å². The first-order valence-corrected chi connectivity index (χ1v) is 16.1. The second kappa shape index (κ2) is 18.5. The summed E-state index contributed by atoms with van der Waals surface area (Å²) in [5, 5.41) is 0. The van der Waals surface area contributed by atoms with Gasteiger partial charge in [-0.1, -0.05) is 92.2 Å². The Kier molecular flexibility index (Phi) is 15.7. The minimum absolute atomic E-state index is 1.13. The molecule has 2 aromatic rings. The molecule has 0 saturated heterocycles. The molecule has 0 heterocycles. The molecule has 0 aliphatic carbocycles. The van der Waals surface area contributed by atoms with E-state index in [4.69, 9.17) is 4.74 Å². The molecule has 208 valence electrons. The largest absolute Gasteiger partial charge is 0.457 e. The fourth-order valence-corrected chi connectivity index (χ4v) is 5.54. The maximum absolute atomic E-state index is 6.99. The van der Waals surface area contributed by atoms with Crippen molar-refractivity contribution < 1.29 is 4.74 Å². The number of unbranched alkanes of at least 4 members (excludes halogenated alkanes) is 6. The Morgan fingerprint density at radius 2 is 0.676 bits per heavy atom. The quantitative estimate of drug-likeness (QED) is 0.173. The molecule has 0 spiro atoms. The zero-order valence-corrected chi connectivity index (χ0v) is 25.4. The predicted molar refractivity (Wildman–Crippen MR) is 165 cm³/mol. The van der Waals surface area contributed by atoms with Gasteiger partial charge in [-0.25, -0.2) is 0 Å². The van der Waals surface area contributed by atoms with Crippen LogP contribution in [0.2, 0.25) is 0 Å². The molecule has 0 atom stereocenters. The van der Waals surface area contributed by atoms with E-state index in [1.165, 1.54) is 114 Å². The third-order valence-corrected chi connectivity index (χ3v) is 7.91. The van der Waals surface area contributed by atoms with Gasteiger partial charge in [-0.15, -0.1) is 0 Å². The second-order valence-corrected chi connectivity index (χ2v) is 11.1. The van der Waals surface area contributed by atoms with Gasteiger partial charge in [0, 0.05) is 0 Å². The maximum Gasteiger partial charge on any atom is 0.130 e. The molecular weight excluding hydrogens is 448 g/mol. The van der Waals surface area contributed by atoms with E-state index < -0.39 is 0 Å². The van der Waals surface area contributed by atoms with Crippen molar-refractivity contribution in [3.63, 3.8) is 0 Å². The molecule has 0 aliphatic heterocycles. The van der Waals surface area contributed by atoms with Crippen LogP contribution in [0.4, 0.5) is 0 Å². The molecule has 0 unspecified atom stereocenters. The van der Waals surface area contributed by atoms with Crippen molar-refractivity contribution in [1.29, 1.82) is 0 Å². The highest BCUT2D eigenvalue weighted by molar-refractivity contribution is 5.51. The van der Waals surface area contributed by atoms with Gasteiger partial charge in [0.15, 0.2) is 0 Å². The van der Waals surface area contributed by atoms with Crippen molar-refractivity contribution in [3.8, 4) is 11.5 Å². The van der Waals surface area contributed by atoms with Crippen LogP contribution in [0.15, 0.2) is 24.3 Å². The monoisotopic (exact) mass is 506 g/mol. The van der Waals surface area contributed by atoms with Crippen LogP contribution in [0.1, 0.15) is 152 Å². The third-order valence-electron chi connectivity index (χ3n) is 7.91. The molecule has 0 aliphatic rings. The second-order valence-electron chi connectivity index (χ2n) is 11.1. The van der Waals surface area contributed by atoms with Crippen LogP contribution >= 0.6 is 0 Å². The van der Waals surface area contributed by atoms with E-state index in [9.17, 15) is 0 Å². The summed E-state index contributed by atoms with van der Waals surface area (Å²) < 4.78 is 6.99. The number of rotatable bonds is 20. The molecule has 0 N–H and O–H groups in total. The van der Waals surface area contributed by atoms with Gasteiger partial charge in [-0.3, -0.25) is 0 Å². The Morgan fingerprint density at radius 1 is 0.378 bits per heavy atom. The summed E-state index contributed by atoms with van der Waals surface area (Å²) in [6.45, 7) is 13.9. The molecule has 1 heteroatoms. The average molecular weight is 507 g/mol. The van der Waals surface area contributed by atoms with Gasteiger partial charge < -0.3 is 4.74 Å². The minimum atomic E-state index is 1.13. The zero-order chi connectivity index (χ0) is 26.9. The average Bonchev–Trinajstić information content (AvgIpc) is 2.92. The zero-order valence-electron chi connectivity index (χ0n) is 25.4. The van der Waals surface area contributed by atoms with Crippen LogP contribution in [0.25, 0.3) is 0 Å². The first-order valence-electron chi connectivity index (χ1n) is 16.1. The molecule has 37 heavy (non-hydrogen) atoms. The van der Waals surface area contributed by atoms with E-state index >= 15 is 0 Å². The molecule has 0 aromatic heterocycles. The van der Waals surface area contributed by atoms with Gasteiger partial charge >= 0.3 is 0 Å². The third kappa shape index (κ3) is 9.81. The van der Waals surface area contributed by atoms with Crippen molar-refractivity contribution in [3.05, 3.63) is 57.6 Å². The summed E-state index contributed by atoms with van der Waals surface area (Å²) in [4.78, 5) is 0. The van der Waals surface area contributed by atoms with E-state index in [0.29, 0.717) is 0 Å². The molecule has 0 fully saturated rings. The molecule has 0 radical (unpaired) electrons. The lowest BCUT2D eigenvalue weighted by Gasteiger charge is -2.23. The normalized spacial score (nSPS) is 11.3. The highest BCUT2D eigenvalue weighted by Gasteiger charge is 2.19. The molecule has 2 rings (SSSR count). The standard InChI is InChI=1S/C36H58O/c1-7-13-19-29-25-27-35(33(23-17-11-5)31(29)21-15-9-3)37-36-28-26-30(20-14-8-2)32(22-16-10-4)34(36)24-18-12-6/h25-28H,7-24H2,1-6H3. The number of benzene rings is 2. The lowest BCUT2D eigenvalue weighted by atomic mass is 9.89. The predicted octanol–water partition coefficient (Wildman–Crippen LogP) is 11.5. The summed E-state index contributed by atoms with van der Waals surface area (Å²) in [5.74, 6) is 2.25. The van der Waals surface area contributed by atoms with E-state index in [1.54, 1.807) is 22.3 Å². The summed E-state index contributed by atoms with van der Waals surface area (Å²) >= 11 is 0. The summed E-state index contributed by atoms with van der Waals surface area (Å²) in [7, 11) is 0. The van der Waals surface area contributed by atoms with Crippen LogP contribution in [-0.4, -0.2) is 0 Å². The van der Waals surface area contributed by atoms with Crippen LogP contribution in [0.3, 0.4) is 0 Å². The molecular formula is C36H58O. The van der Waals surface area contributed by atoms with E-state index in [1.807, 2.05) is 0 Å². The van der Waals surface area contributed by atoms with Crippen LogP contribution in [0.5, 0.6) is 11.5 Å². The number of hydrogen-bond acceptors (Lipinski definition) is 1. The highest BCUT2D eigenvalue weighted by Crippen LogP contribution is 2.37. The fraction of sp³-hybridized carbons (Fsp3) is 0.667. The highest BCUT2D eigenvalue weighted by atomic mass is 16.5. The molecule has 2 aromatic carbocycles. The van der Waals surface area contributed by atoms with E-state index in [0.717, 1.165) is 24.3 Å². The van der Waals surface area contributed by atoms with E-state index in [2.05, 4.69) is 65.8 Å². The van der Waals surface area contributed by atoms with Crippen LogP contribution < -0.4 is 4.74 Å². The van der Waals surface area contributed by atoms with E-state index in [-0.39, 0.29) is 0 Å². The topological polar surface area (TPSA) is 9.23 Å². The smallest absolute Gasteiger partial charge is 0.130 e. The lowest BCUT2D eigenvalue weighted by molar-refractivity contribution is 0.464. The Labute approximate surface area is 230 Å². The van der Waals surface area contributed by atoms with Crippen molar-refractivity contribution in [2.24, 2.45) is 0 Å². The van der Waals surface area contributed by atoms with Gasteiger partial charge in [0.2, 0.25) is 0 Å². The van der Waals surface area contributed by atoms with Crippen molar-refractivity contribution >= 4 is 0 Å². The first-order chi connectivity index (χ1) is 18.1. The Bertz CT molecular complexity index is 821. The summed E-state index contributed by atoms with van der Waals surface area (Å²) in [6, 6.07) is 9.41. The lowest BCUT2D eigenvalue weighted by Crippen LogP contribution is -2.07. The van der Waals surface area contributed by atoms with Crippen LogP contribution in [-0.2, 0) is 38.5 Å². The Morgan fingerprint density at radius 3 is 1.00 bits per heavy atom. The molecule has 1 nitrogen and oxygen atoms in total. The number of ether oxygens (including phenoxy) is 1. The number of hydrogen-bond donors (Lipinski definition) is 0. The summed E-state index contributed by atoms with van der Waals surface area (Å²) in [5.41, 5.74) is 9.33. The SMILES string of the molecule is CCCCc1ccc(Oc2ccc(CCCC)c(CCCC)c2CCCC)c(CCCC)c1CCCC. The molecule has 0 amide bonds. The minimum Gasteiger partial charge on any atom is -0.457 e. The van der Waals surface area contributed by atoms with Gasteiger partial charge in [0.05, 0.1) is 0 Å². The van der Waals surface area contributed by atoms with Crippen molar-refractivity contribution in [1.82, 2.24) is 0 Å². The van der Waals surface area contributed by atoms with Gasteiger partial charge in [0.25, 0.3) is 0 Å². The molecule has 0 bridgehead atoms. The van der Waals surface area contributed by atoms with Gasteiger partial charge in [0.1, 0.15) is 11.5 Å².